The summed E-state index contributed by atoms with van der Waals surface area (Å²) in [5, 5.41) is 6.22. The molecule has 2 N–H and O–H groups in total. The van der Waals surface area contributed by atoms with Crippen LogP contribution in [0, 0.1) is 0 Å². The minimum atomic E-state index is -0.281. The lowest BCUT2D eigenvalue weighted by Crippen LogP contribution is -2.36. The van der Waals surface area contributed by atoms with E-state index in [1.165, 1.54) is 0 Å². The van der Waals surface area contributed by atoms with E-state index in [9.17, 15) is 4.79 Å². The summed E-state index contributed by atoms with van der Waals surface area (Å²) in [7, 11) is 0. The van der Waals surface area contributed by atoms with Crippen LogP contribution in [-0.2, 0) is 10.2 Å². The molecule has 0 radical (unpaired) electrons. The van der Waals surface area contributed by atoms with E-state index in [2.05, 4.69) is 16.7 Å². The van der Waals surface area contributed by atoms with Gasteiger partial charge in [0, 0.05) is 12.2 Å². The van der Waals surface area contributed by atoms with Gasteiger partial charge in [0.05, 0.1) is 5.41 Å². The number of para-hydroxylation sites is 1. The van der Waals surface area contributed by atoms with E-state index < -0.39 is 0 Å². The molecule has 1 aromatic rings. The Labute approximate surface area is 82.5 Å². The molecule has 2 heterocycles. The molecule has 1 fully saturated rings. The fraction of sp³-hybridized carbons (Fsp3) is 0.364. The van der Waals surface area contributed by atoms with Crippen molar-refractivity contribution in [2.75, 3.05) is 18.4 Å². The second kappa shape index (κ2) is 2.58. The van der Waals surface area contributed by atoms with Gasteiger partial charge in [0.15, 0.2) is 0 Å². The van der Waals surface area contributed by atoms with Crippen LogP contribution >= 0.6 is 0 Å². The summed E-state index contributed by atoms with van der Waals surface area (Å²) in [6.07, 6.45) is 0.913. The van der Waals surface area contributed by atoms with Gasteiger partial charge in [-0.3, -0.25) is 4.79 Å². The van der Waals surface area contributed by atoms with Gasteiger partial charge in [-0.25, -0.2) is 0 Å². The standard InChI is InChI=1S/C11H12N2O/c14-10-11(5-6-12-7-11)8-3-1-2-4-9(8)13-10/h1-4,12H,5-7H2,(H,13,14)/t11-/m0/s1. The van der Waals surface area contributed by atoms with Crippen LogP contribution in [0.25, 0.3) is 0 Å². The summed E-state index contributed by atoms with van der Waals surface area (Å²) in [6, 6.07) is 7.99. The number of carbonyl (C=O) groups is 1. The van der Waals surface area contributed by atoms with Crippen molar-refractivity contribution < 1.29 is 4.79 Å². The highest BCUT2D eigenvalue weighted by molar-refractivity contribution is 6.06. The van der Waals surface area contributed by atoms with Crippen molar-refractivity contribution in [1.29, 1.82) is 0 Å². The van der Waals surface area contributed by atoms with Crippen molar-refractivity contribution >= 4 is 11.6 Å². The molecule has 0 aliphatic carbocycles. The highest BCUT2D eigenvalue weighted by atomic mass is 16.2. The van der Waals surface area contributed by atoms with Crippen LogP contribution in [0.3, 0.4) is 0 Å². The molecule has 3 nitrogen and oxygen atoms in total. The van der Waals surface area contributed by atoms with Crippen LogP contribution in [0.2, 0.25) is 0 Å². The second-order valence-corrected chi connectivity index (χ2v) is 4.01. The minimum absolute atomic E-state index is 0.156. The number of anilines is 1. The number of carbonyl (C=O) groups excluding carboxylic acids is 1. The maximum atomic E-state index is 11.9. The average Bonchev–Trinajstić information content (AvgIpc) is 2.77. The smallest absolute Gasteiger partial charge is 0.236 e. The molecule has 1 atom stereocenters. The van der Waals surface area contributed by atoms with Gasteiger partial charge in [-0.2, -0.15) is 0 Å². The Morgan fingerprint density at radius 3 is 2.93 bits per heavy atom. The van der Waals surface area contributed by atoms with Gasteiger partial charge in [-0.15, -0.1) is 0 Å². The van der Waals surface area contributed by atoms with Gasteiger partial charge < -0.3 is 10.6 Å². The SMILES string of the molecule is O=C1Nc2ccccc2[C@@]12CCNC2. The molecule has 72 valence electrons. The zero-order chi connectivity index (χ0) is 9.60. The van der Waals surface area contributed by atoms with Crippen molar-refractivity contribution in [2.45, 2.75) is 11.8 Å². The molecule has 0 bridgehead atoms. The number of fused-ring (bicyclic) bond motifs is 2. The molecule has 0 saturated carbocycles. The highest BCUT2D eigenvalue weighted by Crippen LogP contribution is 2.41. The van der Waals surface area contributed by atoms with E-state index >= 15 is 0 Å². The van der Waals surface area contributed by atoms with E-state index in [1.54, 1.807) is 0 Å². The molecule has 1 spiro atoms. The molecular weight excluding hydrogens is 176 g/mol. The van der Waals surface area contributed by atoms with Crippen LogP contribution < -0.4 is 10.6 Å². The number of rotatable bonds is 0. The molecule has 3 heteroatoms. The fourth-order valence-corrected chi connectivity index (χ4v) is 2.49. The highest BCUT2D eigenvalue weighted by Gasteiger charge is 2.48. The Morgan fingerprint density at radius 1 is 1.29 bits per heavy atom. The van der Waals surface area contributed by atoms with Crippen LogP contribution in [0.4, 0.5) is 5.69 Å². The summed E-state index contributed by atoms with van der Waals surface area (Å²) >= 11 is 0. The van der Waals surface area contributed by atoms with E-state index in [0.717, 1.165) is 30.8 Å². The van der Waals surface area contributed by atoms with Crippen molar-refractivity contribution in [1.82, 2.24) is 5.32 Å². The third-order valence-corrected chi connectivity index (χ3v) is 3.28. The van der Waals surface area contributed by atoms with Crippen LogP contribution in [0.1, 0.15) is 12.0 Å². The Hall–Kier alpha value is -1.35. The molecule has 2 aliphatic heterocycles. The molecule has 3 rings (SSSR count). The summed E-state index contributed by atoms with van der Waals surface area (Å²) < 4.78 is 0. The second-order valence-electron chi connectivity index (χ2n) is 4.01. The number of amides is 1. The zero-order valence-corrected chi connectivity index (χ0v) is 7.84. The Bertz CT molecular complexity index is 394. The Kier molecular flexibility index (Phi) is 1.47. The Morgan fingerprint density at radius 2 is 2.14 bits per heavy atom. The summed E-state index contributed by atoms with van der Waals surface area (Å²) in [4.78, 5) is 11.9. The van der Waals surface area contributed by atoms with Gasteiger partial charge >= 0.3 is 0 Å². The predicted molar refractivity (Wildman–Crippen MR) is 54.2 cm³/mol. The van der Waals surface area contributed by atoms with Gasteiger partial charge in [-0.1, -0.05) is 18.2 Å². The van der Waals surface area contributed by atoms with E-state index in [4.69, 9.17) is 0 Å². The first-order chi connectivity index (χ1) is 6.83. The summed E-state index contributed by atoms with van der Waals surface area (Å²) in [5.41, 5.74) is 1.87. The van der Waals surface area contributed by atoms with Gasteiger partial charge in [-0.05, 0) is 24.6 Å². The van der Waals surface area contributed by atoms with Gasteiger partial charge in [0.1, 0.15) is 0 Å². The predicted octanol–water partition coefficient (Wildman–Crippen LogP) is 0.870. The lowest BCUT2D eigenvalue weighted by atomic mass is 9.81. The topological polar surface area (TPSA) is 41.1 Å². The van der Waals surface area contributed by atoms with Crippen molar-refractivity contribution in [3.05, 3.63) is 29.8 Å². The number of hydrogen-bond donors (Lipinski definition) is 2. The normalized spacial score (nSPS) is 29.3. The lowest BCUT2D eigenvalue weighted by molar-refractivity contribution is -0.120. The van der Waals surface area contributed by atoms with E-state index in [-0.39, 0.29) is 11.3 Å². The monoisotopic (exact) mass is 188 g/mol. The molecule has 1 aromatic carbocycles. The van der Waals surface area contributed by atoms with E-state index in [1.807, 2.05) is 18.2 Å². The third kappa shape index (κ3) is 0.826. The first-order valence-corrected chi connectivity index (χ1v) is 4.95. The van der Waals surface area contributed by atoms with Gasteiger partial charge in [0.25, 0.3) is 0 Å². The number of nitrogens with one attached hydrogen (secondary N) is 2. The molecule has 2 aliphatic rings. The lowest BCUT2D eigenvalue weighted by Gasteiger charge is -2.19. The Balaban J connectivity index is 2.18. The maximum Gasteiger partial charge on any atom is 0.236 e. The number of hydrogen-bond acceptors (Lipinski definition) is 2. The minimum Gasteiger partial charge on any atom is -0.325 e. The van der Waals surface area contributed by atoms with Crippen molar-refractivity contribution in [3.8, 4) is 0 Å². The average molecular weight is 188 g/mol. The van der Waals surface area contributed by atoms with Crippen molar-refractivity contribution in [2.24, 2.45) is 0 Å². The largest absolute Gasteiger partial charge is 0.325 e. The molecule has 1 amide bonds. The third-order valence-electron chi connectivity index (χ3n) is 3.28. The summed E-state index contributed by atoms with van der Waals surface area (Å²) in [5.74, 6) is 0.156. The van der Waals surface area contributed by atoms with Crippen molar-refractivity contribution in [3.63, 3.8) is 0 Å². The number of benzene rings is 1. The molecule has 1 saturated heterocycles. The first-order valence-electron chi connectivity index (χ1n) is 4.95. The molecule has 0 aromatic heterocycles. The van der Waals surface area contributed by atoms with Gasteiger partial charge in [0.2, 0.25) is 5.91 Å². The molecule has 14 heavy (non-hydrogen) atoms. The van der Waals surface area contributed by atoms with Crippen LogP contribution in [0.15, 0.2) is 24.3 Å². The van der Waals surface area contributed by atoms with Crippen LogP contribution in [0.5, 0.6) is 0 Å². The quantitative estimate of drug-likeness (QED) is 0.634. The van der Waals surface area contributed by atoms with Crippen LogP contribution in [-0.4, -0.2) is 19.0 Å². The molecular formula is C11H12N2O. The maximum absolute atomic E-state index is 11.9. The van der Waals surface area contributed by atoms with E-state index in [0.29, 0.717) is 0 Å². The summed E-state index contributed by atoms with van der Waals surface area (Å²) in [6.45, 7) is 1.71. The fourth-order valence-electron chi connectivity index (χ4n) is 2.49. The first kappa shape index (κ1) is 8.00. The molecule has 0 unspecified atom stereocenters. The zero-order valence-electron chi connectivity index (χ0n) is 7.84.